The maximum absolute atomic E-state index is 14.0. The molecular weight excluding hydrogens is 324 g/mol. The van der Waals surface area contributed by atoms with Crippen LogP contribution in [0.25, 0.3) is 0 Å². The van der Waals surface area contributed by atoms with Crippen LogP contribution in [0.4, 0.5) is 8.78 Å². The van der Waals surface area contributed by atoms with Crippen molar-refractivity contribution < 1.29 is 8.78 Å². The molecule has 2 unspecified atom stereocenters. The molecule has 1 aromatic rings. The summed E-state index contributed by atoms with van der Waals surface area (Å²) in [6.07, 6.45) is 0. The van der Waals surface area contributed by atoms with Crippen LogP contribution in [0.15, 0.2) is 23.2 Å². The molecule has 3 heterocycles. The van der Waals surface area contributed by atoms with E-state index in [2.05, 4.69) is 20.4 Å². The van der Waals surface area contributed by atoms with Crippen LogP contribution in [0.5, 0.6) is 0 Å². The number of piperazine rings is 3. The van der Waals surface area contributed by atoms with E-state index in [4.69, 9.17) is 4.99 Å². The summed E-state index contributed by atoms with van der Waals surface area (Å²) < 4.78 is 27.1. The minimum absolute atomic E-state index is 0.301. The SMILES string of the molecule is CCNC(=NCC1CN2CCN1CC2)NC(C)c1ccc(F)cc1F. The van der Waals surface area contributed by atoms with Gasteiger partial charge in [-0.3, -0.25) is 14.8 Å². The monoisotopic (exact) mass is 351 g/mol. The molecule has 2 bridgehead atoms. The molecule has 3 fully saturated rings. The topological polar surface area (TPSA) is 42.9 Å². The number of aliphatic imine (C=N–C) groups is 1. The van der Waals surface area contributed by atoms with Crippen LogP contribution in [-0.4, -0.2) is 67.6 Å². The zero-order valence-electron chi connectivity index (χ0n) is 14.9. The van der Waals surface area contributed by atoms with E-state index in [0.29, 0.717) is 24.1 Å². The minimum Gasteiger partial charge on any atom is -0.357 e. The molecule has 5 nitrogen and oxygen atoms in total. The second kappa shape index (κ2) is 8.10. The maximum atomic E-state index is 14.0. The van der Waals surface area contributed by atoms with Gasteiger partial charge in [0.15, 0.2) is 5.96 Å². The minimum atomic E-state index is -0.564. The lowest BCUT2D eigenvalue weighted by Gasteiger charge is -2.47. The van der Waals surface area contributed by atoms with Crippen LogP contribution in [0.3, 0.4) is 0 Å². The van der Waals surface area contributed by atoms with Crippen molar-refractivity contribution in [2.75, 3.05) is 45.8 Å². The molecule has 4 rings (SSSR count). The number of nitrogens with zero attached hydrogens (tertiary/aromatic N) is 3. The summed E-state index contributed by atoms with van der Waals surface area (Å²) >= 11 is 0. The predicted molar refractivity (Wildman–Crippen MR) is 95.7 cm³/mol. The van der Waals surface area contributed by atoms with E-state index in [0.717, 1.165) is 45.3 Å². The Labute approximate surface area is 148 Å². The normalized spacial score (nSPS) is 27.2. The van der Waals surface area contributed by atoms with Gasteiger partial charge in [0.1, 0.15) is 11.6 Å². The summed E-state index contributed by atoms with van der Waals surface area (Å²) in [5, 5.41) is 6.43. The molecule has 3 aliphatic heterocycles. The van der Waals surface area contributed by atoms with Crippen LogP contribution in [0, 0.1) is 11.6 Å². The van der Waals surface area contributed by atoms with Crippen molar-refractivity contribution in [1.82, 2.24) is 20.4 Å². The molecule has 3 aliphatic rings. The number of guanidine groups is 1. The summed E-state index contributed by atoms with van der Waals surface area (Å²) in [4.78, 5) is 9.68. The number of rotatable bonds is 5. The third kappa shape index (κ3) is 4.46. The third-order valence-electron chi connectivity index (χ3n) is 4.98. The van der Waals surface area contributed by atoms with E-state index in [1.807, 2.05) is 13.8 Å². The van der Waals surface area contributed by atoms with Crippen molar-refractivity contribution in [2.24, 2.45) is 4.99 Å². The Balaban J connectivity index is 1.63. The zero-order chi connectivity index (χ0) is 17.8. The number of benzene rings is 1. The molecule has 2 atom stereocenters. The lowest BCUT2D eigenvalue weighted by atomic mass is 10.1. The largest absolute Gasteiger partial charge is 0.357 e. The van der Waals surface area contributed by atoms with Crippen LogP contribution in [-0.2, 0) is 0 Å². The van der Waals surface area contributed by atoms with E-state index < -0.39 is 11.6 Å². The fourth-order valence-electron chi connectivity index (χ4n) is 3.55. The molecular formula is C18H27F2N5. The van der Waals surface area contributed by atoms with Gasteiger partial charge in [0.25, 0.3) is 0 Å². The third-order valence-corrected chi connectivity index (χ3v) is 4.98. The van der Waals surface area contributed by atoms with Crippen molar-refractivity contribution in [2.45, 2.75) is 25.9 Å². The molecule has 25 heavy (non-hydrogen) atoms. The van der Waals surface area contributed by atoms with Gasteiger partial charge in [0.05, 0.1) is 12.6 Å². The predicted octanol–water partition coefficient (Wildman–Crippen LogP) is 1.58. The van der Waals surface area contributed by atoms with Gasteiger partial charge in [-0.1, -0.05) is 6.07 Å². The Kier molecular flexibility index (Phi) is 5.86. The first-order chi connectivity index (χ1) is 12.1. The second-order valence-electron chi connectivity index (χ2n) is 6.74. The first kappa shape index (κ1) is 18.1. The summed E-state index contributed by atoms with van der Waals surface area (Å²) in [5.41, 5.74) is 0.429. The Morgan fingerprint density at radius 2 is 2.04 bits per heavy atom. The van der Waals surface area contributed by atoms with Gasteiger partial charge >= 0.3 is 0 Å². The van der Waals surface area contributed by atoms with Gasteiger partial charge in [-0.05, 0) is 19.9 Å². The van der Waals surface area contributed by atoms with Crippen molar-refractivity contribution in [3.63, 3.8) is 0 Å². The fourth-order valence-corrected chi connectivity index (χ4v) is 3.55. The molecule has 0 radical (unpaired) electrons. The van der Waals surface area contributed by atoms with Crippen molar-refractivity contribution >= 4 is 5.96 Å². The molecule has 0 amide bonds. The Hall–Kier alpha value is -1.73. The van der Waals surface area contributed by atoms with Gasteiger partial charge in [-0.25, -0.2) is 8.78 Å². The molecule has 0 aliphatic carbocycles. The van der Waals surface area contributed by atoms with Gasteiger partial charge < -0.3 is 10.6 Å². The standard InChI is InChI=1S/C18H27F2N5/c1-3-21-18(22-11-15-12-24-6-8-25(15)9-7-24)23-13(2)16-5-4-14(19)10-17(16)20/h4-5,10,13,15H,3,6-9,11-12H2,1-2H3,(H2,21,22,23). The molecule has 0 spiro atoms. The van der Waals surface area contributed by atoms with Crippen LogP contribution >= 0.6 is 0 Å². The van der Waals surface area contributed by atoms with E-state index >= 15 is 0 Å². The Morgan fingerprint density at radius 1 is 1.28 bits per heavy atom. The van der Waals surface area contributed by atoms with Crippen molar-refractivity contribution in [1.29, 1.82) is 0 Å². The second-order valence-corrected chi connectivity index (χ2v) is 6.74. The lowest BCUT2D eigenvalue weighted by molar-refractivity contribution is 0.0174. The van der Waals surface area contributed by atoms with Crippen molar-refractivity contribution in [3.05, 3.63) is 35.4 Å². The van der Waals surface area contributed by atoms with Crippen molar-refractivity contribution in [3.8, 4) is 0 Å². The quantitative estimate of drug-likeness (QED) is 0.624. The molecule has 3 saturated heterocycles. The molecule has 1 aromatic carbocycles. The summed E-state index contributed by atoms with van der Waals surface area (Å²) in [6, 6.07) is 3.81. The van der Waals surface area contributed by atoms with Gasteiger partial charge in [-0.15, -0.1) is 0 Å². The van der Waals surface area contributed by atoms with E-state index in [-0.39, 0.29) is 6.04 Å². The summed E-state index contributed by atoms with van der Waals surface area (Å²) in [6.45, 7) is 10.9. The van der Waals surface area contributed by atoms with Crippen LogP contribution in [0.1, 0.15) is 25.5 Å². The highest BCUT2D eigenvalue weighted by Gasteiger charge is 2.31. The zero-order valence-corrected chi connectivity index (χ0v) is 14.9. The molecule has 0 saturated carbocycles. The smallest absolute Gasteiger partial charge is 0.191 e. The van der Waals surface area contributed by atoms with E-state index in [1.165, 1.54) is 12.1 Å². The highest BCUT2D eigenvalue weighted by atomic mass is 19.1. The van der Waals surface area contributed by atoms with Gasteiger partial charge in [0.2, 0.25) is 0 Å². The maximum Gasteiger partial charge on any atom is 0.191 e. The molecule has 138 valence electrons. The molecule has 7 heteroatoms. The lowest BCUT2D eigenvalue weighted by Crippen LogP contribution is -2.62. The Morgan fingerprint density at radius 3 is 2.64 bits per heavy atom. The van der Waals surface area contributed by atoms with Gasteiger partial charge in [-0.2, -0.15) is 0 Å². The average Bonchev–Trinajstić information content (AvgIpc) is 2.60. The first-order valence-electron chi connectivity index (χ1n) is 9.03. The Bertz CT molecular complexity index is 613. The highest BCUT2D eigenvalue weighted by Crippen LogP contribution is 2.18. The number of hydrogen-bond donors (Lipinski definition) is 2. The summed E-state index contributed by atoms with van der Waals surface area (Å²) in [7, 11) is 0. The molecule has 2 N–H and O–H groups in total. The van der Waals surface area contributed by atoms with Crippen LogP contribution < -0.4 is 10.6 Å². The number of hydrogen-bond acceptors (Lipinski definition) is 3. The highest BCUT2D eigenvalue weighted by molar-refractivity contribution is 5.80. The fraction of sp³-hybridized carbons (Fsp3) is 0.611. The molecule has 0 aromatic heterocycles. The summed E-state index contributed by atoms with van der Waals surface area (Å²) in [5.74, 6) is -0.443. The number of fused-ring (bicyclic) bond motifs is 3. The van der Waals surface area contributed by atoms with E-state index in [1.54, 1.807) is 0 Å². The average molecular weight is 351 g/mol. The van der Waals surface area contributed by atoms with E-state index in [9.17, 15) is 8.78 Å². The van der Waals surface area contributed by atoms with Crippen LogP contribution in [0.2, 0.25) is 0 Å². The van der Waals surface area contributed by atoms with Gasteiger partial charge in [0, 0.05) is 56.9 Å². The number of halogens is 2. The first-order valence-corrected chi connectivity index (χ1v) is 9.03. The number of nitrogens with one attached hydrogen (secondary N) is 2.